The Bertz CT molecular complexity index is 35.4. The van der Waals surface area contributed by atoms with Gasteiger partial charge in [0.25, 0.3) is 0 Å². The van der Waals surface area contributed by atoms with Crippen LogP contribution >= 0.6 is 0 Å². The van der Waals surface area contributed by atoms with E-state index in [4.69, 9.17) is 3.90 Å². The molecule has 7 heteroatoms. The predicted molar refractivity (Wildman–Crippen MR) is 10.9 cm³/mol. The van der Waals surface area contributed by atoms with Crippen molar-refractivity contribution >= 4 is 7.25 Å². The molecule has 0 unspecified atom stereocenters. The Balaban J connectivity index is 0. The summed E-state index contributed by atoms with van der Waals surface area (Å²) in [6.07, 6.45) is 0. The molecule has 0 rings (SSSR count). The molecule has 48 valence electrons. The summed E-state index contributed by atoms with van der Waals surface area (Å²) in [5.41, 5.74) is 0. The average Bonchev–Trinajstić information content (AvgIpc) is 1.36. The second-order valence-corrected chi connectivity index (χ2v) is 0.495. The molecular formula is BF4NiO-. The standard InChI is InChI=1S/BF4.Ni.O/c2-1(3,4)5;;/q-1;;. The summed E-state index contributed by atoms with van der Waals surface area (Å²) in [4.78, 5) is 0. The SMILES string of the molecule is F[B-](F)(F)F.[O]=[Ni]. The third kappa shape index (κ3) is 16400. The fourth-order valence-electron chi connectivity index (χ4n) is 0. The molecule has 0 aromatic rings. The zero-order valence-electron chi connectivity index (χ0n) is 2.81. The first kappa shape index (κ1) is 10.1. The summed E-state index contributed by atoms with van der Waals surface area (Å²) in [5, 5.41) is 0. The normalized spacial score (nSPS) is 9.43. The van der Waals surface area contributed by atoms with Gasteiger partial charge in [0.2, 0.25) is 0 Å². The monoisotopic (exact) mass is 161 g/mol. The van der Waals surface area contributed by atoms with Crippen LogP contribution in [0, 0.1) is 0 Å². The molecule has 0 bridgehead atoms. The Labute approximate surface area is 44.7 Å². The number of hydrogen-bond acceptors (Lipinski definition) is 1. The average molecular weight is 161 g/mol. The van der Waals surface area contributed by atoms with Crippen molar-refractivity contribution in [3.63, 3.8) is 0 Å². The van der Waals surface area contributed by atoms with Crippen LogP contribution in [0.3, 0.4) is 0 Å². The van der Waals surface area contributed by atoms with E-state index in [1.165, 1.54) is 0 Å². The van der Waals surface area contributed by atoms with Gasteiger partial charge in [-0.3, -0.25) is 0 Å². The first-order valence-electron chi connectivity index (χ1n) is 1.00. The van der Waals surface area contributed by atoms with Gasteiger partial charge in [-0.1, -0.05) is 0 Å². The first-order chi connectivity index (χ1) is 3.00. The number of halogens is 4. The van der Waals surface area contributed by atoms with E-state index in [1.807, 2.05) is 0 Å². The Morgan fingerprint density at radius 3 is 1.00 bits per heavy atom. The van der Waals surface area contributed by atoms with Crippen LogP contribution in [-0.2, 0) is 19.3 Å². The summed E-state index contributed by atoms with van der Waals surface area (Å²) in [5.74, 6) is 0. The van der Waals surface area contributed by atoms with Crippen LogP contribution < -0.4 is 0 Å². The molecule has 0 saturated heterocycles. The molecule has 0 amide bonds. The van der Waals surface area contributed by atoms with Crippen LogP contribution in [0.2, 0.25) is 0 Å². The molecule has 0 saturated carbocycles. The molecule has 0 radical (unpaired) electrons. The summed E-state index contributed by atoms with van der Waals surface area (Å²) in [6.45, 7) is 0. The molecular weight excluding hydrogens is 161 g/mol. The van der Waals surface area contributed by atoms with Crippen molar-refractivity contribution in [2.24, 2.45) is 0 Å². The number of rotatable bonds is 0. The zero-order valence-corrected chi connectivity index (χ0v) is 3.80. The van der Waals surface area contributed by atoms with Crippen LogP contribution in [0.5, 0.6) is 0 Å². The van der Waals surface area contributed by atoms with Crippen LogP contribution in [-0.4, -0.2) is 7.25 Å². The fraction of sp³-hybridized carbons (Fsp3) is 0. The van der Waals surface area contributed by atoms with Crippen molar-refractivity contribution < 1.29 is 36.6 Å². The maximum absolute atomic E-state index is 9.75. The van der Waals surface area contributed by atoms with Crippen LogP contribution in [0.25, 0.3) is 0 Å². The Kier molecular flexibility index (Phi) is 6.15. The van der Waals surface area contributed by atoms with Gasteiger partial charge in [0.15, 0.2) is 0 Å². The van der Waals surface area contributed by atoms with Gasteiger partial charge in [-0.2, -0.15) is 0 Å². The Morgan fingerprint density at radius 1 is 1.00 bits per heavy atom. The Morgan fingerprint density at radius 2 is 1.00 bits per heavy atom. The maximum atomic E-state index is 9.75. The van der Waals surface area contributed by atoms with Crippen LogP contribution in [0.15, 0.2) is 0 Å². The van der Waals surface area contributed by atoms with Crippen molar-refractivity contribution in [1.29, 1.82) is 0 Å². The number of hydrogen-bond donors (Lipinski definition) is 0. The van der Waals surface area contributed by atoms with Crippen molar-refractivity contribution in [1.82, 2.24) is 0 Å². The fourth-order valence-corrected chi connectivity index (χ4v) is 0. The molecule has 0 N–H and O–H groups in total. The van der Waals surface area contributed by atoms with Gasteiger partial charge in [-0.05, 0) is 0 Å². The van der Waals surface area contributed by atoms with Crippen molar-refractivity contribution in [2.75, 3.05) is 0 Å². The van der Waals surface area contributed by atoms with Gasteiger partial charge in [-0.15, -0.1) is 0 Å². The van der Waals surface area contributed by atoms with E-state index in [1.54, 1.807) is 0 Å². The van der Waals surface area contributed by atoms with Crippen molar-refractivity contribution in [3.8, 4) is 0 Å². The summed E-state index contributed by atoms with van der Waals surface area (Å²) in [7, 11) is -6.00. The van der Waals surface area contributed by atoms with Crippen molar-refractivity contribution in [2.45, 2.75) is 0 Å². The van der Waals surface area contributed by atoms with Gasteiger partial charge in [0, 0.05) is 0 Å². The van der Waals surface area contributed by atoms with E-state index >= 15 is 0 Å². The van der Waals surface area contributed by atoms with E-state index in [0.717, 1.165) is 0 Å². The minimum absolute atomic E-state index is 2.62. The zero-order chi connectivity index (χ0) is 6.50. The molecule has 0 aromatic carbocycles. The van der Waals surface area contributed by atoms with Gasteiger partial charge < -0.3 is 17.3 Å². The summed E-state index contributed by atoms with van der Waals surface area (Å²) >= 11 is 2.62. The molecule has 0 fully saturated rings. The van der Waals surface area contributed by atoms with Gasteiger partial charge >= 0.3 is 26.5 Å². The van der Waals surface area contributed by atoms with E-state index in [-0.39, 0.29) is 0 Å². The molecule has 1 nitrogen and oxygen atoms in total. The molecule has 0 aliphatic carbocycles. The molecule has 7 heavy (non-hydrogen) atoms. The van der Waals surface area contributed by atoms with E-state index in [0.29, 0.717) is 0 Å². The van der Waals surface area contributed by atoms with E-state index in [2.05, 4.69) is 15.4 Å². The topological polar surface area (TPSA) is 17.1 Å². The molecule has 0 aliphatic heterocycles. The third-order valence-electron chi connectivity index (χ3n) is 0. The van der Waals surface area contributed by atoms with E-state index < -0.39 is 7.25 Å². The van der Waals surface area contributed by atoms with Crippen LogP contribution in [0.4, 0.5) is 17.3 Å². The predicted octanol–water partition coefficient (Wildman–Crippen LogP) is 1.18. The molecule has 0 heterocycles. The first-order valence-corrected chi connectivity index (χ1v) is 1.41. The Hall–Kier alpha value is 0.0784. The van der Waals surface area contributed by atoms with Crippen LogP contribution in [0.1, 0.15) is 0 Å². The van der Waals surface area contributed by atoms with E-state index in [9.17, 15) is 17.3 Å². The molecule has 0 spiro atoms. The summed E-state index contributed by atoms with van der Waals surface area (Å²) in [6, 6.07) is 0. The van der Waals surface area contributed by atoms with Crippen molar-refractivity contribution in [3.05, 3.63) is 0 Å². The molecule has 0 aromatic heterocycles. The third-order valence-corrected chi connectivity index (χ3v) is 0. The van der Waals surface area contributed by atoms with Gasteiger partial charge in [0.05, 0.1) is 0 Å². The quantitative estimate of drug-likeness (QED) is 0.385. The second kappa shape index (κ2) is 4.24. The minimum atomic E-state index is -6.00. The van der Waals surface area contributed by atoms with Gasteiger partial charge in [0.1, 0.15) is 0 Å². The molecule has 0 aliphatic rings. The molecule has 0 atom stereocenters. The summed E-state index contributed by atoms with van der Waals surface area (Å²) < 4.78 is 46.9. The second-order valence-electron chi connectivity index (χ2n) is 0.495. The van der Waals surface area contributed by atoms with Gasteiger partial charge in [-0.25, -0.2) is 0 Å².